The minimum absolute atomic E-state index is 0.0541. The summed E-state index contributed by atoms with van der Waals surface area (Å²) in [5.74, 6) is -1.59. The Balaban J connectivity index is 2.42. The van der Waals surface area contributed by atoms with E-state index in [4.69, 9.17) is 10.5 Å². The molecule has 1 saturated carbocycles. The number of primary amides is 1. The summed E-state index contributed by atoms with van der Waals surface area (Å²) in [4.78, 5) is 53.3. The molecular formula is C27H42N4O5. The maximum Gasteiger partial charge on any atom is 0.408 e. The van der Waals surface area contributed by atoms with Crippen molar-refractivity contribution in [3.63, 3.8) is 0 Å². The van der Waals surface area contributed by atoms with E-state index >= 15 is 0 Å². The van der Waals surface area contributed by atoms with Crippen molar-refractivity contribution in [1.82, 2.24) is 15.5 Å². The molecule has 4 N–H and O–H groups in total. The van der Waals surface area contributed by atoms with E-state index in [2.05, 4.69) is 10.6 Å². The molecule has 0 spiro atoms. The zero-order chi connectivity index (χ0) is 26.9. The van der Waals surface area contributed by atoms with Crippen LogP contribution in [0.25, 0.3) is 0 Å². The highest BCUT2D eigenvalue weighted by Crippen LogP contribution is 2.26. The van der Waals surface area contributed by atoms with Crippen LogP contribution >= 0.6 is 0 Å². The molecule has 1 aromatic carbocycles. The summed E-state index contributed by atoms with van der Waals surface area (Å²) in [6.07, 6.45) is 4.38. The van der Waals surface area contributed by atoms with Crippen LogP contribution in [0, 0.1) is 6.92 Å². The number of aryl methyl sites for hydroxylation is 1. The fourth-order valence-electron chi connectivity index (χ4n) is 4.50. The number of benzene rings is 1. The first-order valence-electron chi connectivity index (χ1n) is 12.9. The van der Waals surface area contributed by atoms with Crippen molar-refractivity contribution in [3.05, 3.63) is 35.4 Å². The van der Waals surface area contributed by atoms with Crippen LogP contribution in [-0.2, 0) is 19.1 Å². The van der Waals surface area contributed by atoms with Gasteiger partial charge in [-0.25, -0.2) is 4.79 Å². The molecule has 0 saturated heterocycles. The predicted octanol–water partition coefficient (Wildman–Crippen LogP) is 3.49. The summed E-state index contributed by atoms with van der Waals surface area (Å²) in [5.41, 5.74) is 6.24. The SMILES string of the molecule is CCCN(C(=O)C(CC(N)=O)NC(=O)OC(C)(C)C)C(C(=O)NC1CCCCC1)c1cccc(C)c1. The molecular weight excluding hydrogens is 460 g/mol. The highest BCUT2D eigenvalue weighted by atomic mass is 16.6. The van der Waals surface area contributed by atoms with E-state index in [9.17, 15) is 19.2 Å². The number of hydrogen-bond acceptors (Lipinski definition) is 5. The monoisotopic (exact) mass is 502 g/mol. The maximum atomic E-state index is 13.8. The lowest BCUT2D eigenvalue weighted by atomic mass is 9.94. The molecule has 0 radical (unpaired) electrons. The minimum atomic E-state index is -1.27. The second kappa shape index (κ2) is 13.3. The zero-order valence-corrected chi connectivity index (χ0v) is 22.3. The second-order valence-corrected chi connectivity index (χ2v) is 10.6. The summed E-state index contributed by atoms with van der Waals surface area (Å²) in [5, 5.41) is 5.64. The number of amides is 4. The summed E-state index contributed by atoms with van der Waals surface area (Å²) < 4.78 is 5.30. The minimum Gasteiger partial charge on any atom is -0.444 e. The van der Waals surface area contributed by atoms with Gasteiger partial charge in [0.25, 0.3) is 0 Å². The molecule has 1 aromatic rings. The average molecular weight is 503 g/mol. The normalized spacial score (nSPS) is 15.9. The highest BCUT2D eigenvalue weighted by Gasteiger charge is 2.37. The number of nitrogens with two attached hydrogens (primary N) is 1. The second-order valence-electron chi connectivity index (χ2n) is 10.6. The average Bonchev–Trinajstić information content (AvgIpc) is 2.77. The fourth-order valence-corrected chi connectivity index (χ4v) is 4.50. The zero-order valence-electron chi connectivity index (χ0n) is 22.3. The molecule has 0 heterocycles. The van der Waals surface area contributed by atoms with E-state index in [1.165, 1.54) is 4.90 Å². The Bertz CT molecular complexity index is 921. The first kappa shape index (κ1) is 29.1. The number of hydrogen-bond donors (Lipinski definition) is 3. The van der Waals surface area contributed by atoms with Crippen LogP contribution in [0.5, 0.6) is 0 Å². The van der Waals surface area contributed by atoms with Crippen LogP contribution in [-0.4, -0.2) is 52.9 Å². The van der Waals surface area contributed by atoms with Gasteiger partial charge in [0.2, 0.25) is 17.7 Å². The third kappa shape index (κ3) is 9.17. The number of nitrogens with one attached hydrogen (secondary N) is 2. The van der Waals surface area contributed by atoms with Gasteiger partial charge in [-0.3, -0.25) is 14.4 Å². The van der Waals surface area contributed by atoms with Crippen LogP contribution in [0.3, 0.4) is 0 Å². The van der Waals surface area contributed by atoms with Crippen molar-refractivity contribution in [2.45, 2.75) is 103 Å². The van der Waals surface area contributed by atoms with Crippen LogP contribution in [0.15, 0.2) is 24.3 Å². The van der Waals surface area contributed by atoms with Crippen LogP contribution in [0.2, 0.25) is 0 Å². The molecule has 36 heavy (non-hydrogen) atoms. The van der Waals surface area contributed by atoms with Gasteiger partial charge in [0.05, 0.1) is 6.42 Å². The Morgan fingerprint density at radius 1 is 1.14 bits per heavy atom. The van der Waals surface area contributed by atoms with Crippen molar-refractivity contribution in [2.24, 2.45) is 5.73 Å². The predicted molar refractivity (Wildman–Crippen MR) is 138 cm³/mol. The Morgan fingerprint density at radius 2 is 1.81 bits per heavy atom. The first-order chi connectivity index (χ1) is 16.9. The third-order valence-corrected chi connectivity index (χ3v) is 6.01. The molecule has 0 aromatic heterocycles. The van der Waals surface area contributed by atoms with Gasteiger partial charge < -0.3 is 26.0 Å². The van der Waals surface area contributed by atoms with Gasteiger partial charge >= 0.3 is 6.09 Å². The Hall–Kier alpha value is -3.10. The van der Waals surface area contributed by atoms with Crippen molar-refractivity contribution in [1.29, 1.82) is 0 Å². The van der Waals surface area contributed by atoms with E-state index in [-0.39, 0.29) is 18.5 Å². The molecule has 2 rings (SSSR count). The van der Waals surface area contributed by atoms with Crippen molar-refractivity contribution in [2.75, 3.05) is 6.54 Å². The lowest BCUT2D eigenvalue weighted by Gasteiger charge is -2.35. The van der Waals surface area contributed by atoms with E-state index in [1.807, 2.05) is 38.1 Å². The molecule has 0 bridgehead atoms. The van der Waals surface area contributed by atoms with Crippen molar-refractivity contribution < 1.29 is 23.9 Å². The number of carbonyl (C=O) groups is 4. The molecule has 1 fully saturated rings. The Kier molecular flexibility index (Phi) is 10.7. The summed E-state index contributed by atoms with van der Waals surface area (Å²) >= 11 is 0. The topological polar surface area (TPSA) is 131 Å². The molecule has 0 aliphatic heterocycles. The smallest absolute Gasteiger partial charge is 0.408 e. The largest absolute Gasteiger partial charge is 0.444 e. The lowest BCUT2D eigenvalue weighted by Crippen LogP contribution is -2.54. The molecule has 9 heteroatoms. The lowest BCUT2D eigenvalue weighted by molar-refractivity contribution is -0.143. The van der Waals surface area contributed by atoms with Gasteiger partial charge in [-0.05, 0) is 52.5 Å². The van der Waals surface area contributed by atoms with E-state index in [0.29, 0.717) is 12.0 Å². The quantitative estimate of drug-likeness (QED) is 0.451. The highest BCUT2D eigenvalue weighted by molar-refractivity contribution is 5.94. The number of ether oxygens (including phenoxy) is 1. The number of alkyl carbamates (subject to hydrolysis) is 1. The molecule has 1 aliphatic carbocycles. The Morgan fingerprint density at radius 3 is 2.36 bits per heavy atom. The van der Waals surface area contributed by atoms with E-state index < -0.39 is 42.0 Å². The van der Waals surface area contributed by atoms with Gasteiger partial charge in [-0.15, -0.1) is 0 Å². The van der Waals surface area contributed by atoms with E-state index in [1.54, 1.807) is 20.8 Å². The summed E-state index contributed by atoms with van der Waals surface area (Å²) in [6.45, 7) is 9.17. The fraction of sp³-hybridized carbons (Fsp3) is 0.630. The van der Waals surface area contributed by atoms with Gasteiger partial charge in [0.15, 0.2) is 0 Å². The Labute approximate surface area is 214 Å². The van der Waals surface area contributed by atoms with Crippen LogP contribution < -0.4 is 16.4 Å². The van der Waals surface area contributed by atoms with Crippen LogP contribution in [0.1, 0.15) is 89.8 Å². The standard InChI is InChI=1S/C27H42N4O5/c1-6-15-31(25(34)21(17-22(28)32)30-26(35)36-27(3,4)5)23(19-12-10-11-18(2)16-19)24(33)29-20-13-8-7-9-14-20/h10-12,16,20-21,23H,6-9,13-15,17H2,1-5H3,(H2,28,32)(H,29,33)(H,30,35). The number of carbonyl (C=O) groups excluding carboxylic acids is 4. The van der Waals surface area contributed by atoms with Gasteiger partial charge in [0.1, 0.15) is 17.7 Å². The molecule has 2 atom stereocenters. The van der Waals surface area contributed by atoms with Crippen LogP contribution in [0.4, 0.5) is 4.79 Å². The van der Waals surface area contributed by atoms with Crippen molar-refractivity contribution in [3.8, 4) is 0 Å². The molecule has 4 amide bonds. The third-order valence-electron chi connectivity index (χ3n) is 6.01. The van der Waals surface area contributed by atoms with Gasteiger partial charge in [-0.1, -0.05) is 56.0 Å². The first-order valence-corrected chi connectivity index (χ1v) is 12.9. The molecule has 9 nitrogen and oxygen atoms in total. The molecule has 200 valence electrons. The summed E-state index contributed by atoms with van der Waals surface area (Å²) in [7, 11) is 0. The molecule has 1 aliphatic rings. The number of nitrogens with zero attached hydrogens (tertiary/aromatic N) is 1. The van der Waals surface area contributed by atoms with E-state index in [0.717, 1.165) is 37.7 Å². The van der Waals surface area contributed by atoms with Gasteiger partial charge in [0, 0.05) is 12.6 Å². The maximum absolute atomic E-state index is 13.8. The number of rotatable bonds is 10. The van der Waals surface area contributed by atoms with Gasteiger partial charge in [-0.2, -0.15) is 0 Å². The van der Waals surface area contributed by atoms with Crippen molar-refractivity contribution >= 4 is 23.8 Å². The summed E-state index contributed by atoms with van der Waals surface area (Å²) in [6, 6.07) is 5.34. The molecule has 2 unspecified atom stereocenters.